The largest absolute Gasteiger partial charge is 0.329 e. The Kier molecular flexibility index (Phi) is 4.05. The molecule has 1 saturated carbocycles. The van der Waals surface area contributed by atoms with E-state index < -0.39 is 6.49 Å². The summed E-state index contributed by atoms with van der Waals surface area (Å²) in [6.07, 6.45) is 3.98. The number of hydrogen-bond acceptors (Lipinski definition) is 3. The van der Waals surface area contributed by atoms with Crippen molar-refractivity contribution in [3.05, 3.63) is 0 Å². The summed E-state index contributed by atoms with van der Waals surface area (Å²) < 4.78 is 11.5. The van der Waals surface area contributed by atoms with Crippen LogP contribution in [-0.4, -0.2) is 19.9 Å². The molecule has 100 valence electrons. The zero-order chi connectivity index (χ0) is 12.7. The lowest BCUT2D eigenvalue weighted by molar-refractivity contribution is 0.0261. The minimum absolute atomic E-state index is 0.478. The second-order valence-corrected chi connectivity index (χ2v) is 10.8. The Morgan fingerprint density at radius 3 is 2.24 bits per heavy atom. The van der Waals surface area contributed by atoms with E-state index in [0.29, 0.717) is 11.3 Å². The molecule has 0 aromatic carbocycles. The highest BCUT2D eigenvalue weighted by molar-refractivity contribution is 8.09. The molecule has 2 rings (SSSR count). The summed E-state index contributed by atoms with van der Waals surface area (Å²) in [6.45, 7) is 8.85. The van der Waals surface area contributed by atoms with Crippen molar-refractivity contribution in [2.75, 3.05) is 19.9 Å². The Hall–Kier alpha value is 0.570. The van der Waals surface area contributed by atoms with Crippen molar-refractivity contribution in [1.82, 2.24) is 0 Å². The van der Waals surface area contributed by atoms with Gasteiger partial charge in [-0.1, -0.05) is 20.8 Å². The first-order chi connectivity index (χ1) is 7.77. The van der Waals surface area contributed by atoms with Gasteiger partial charge in [0.25, 0.3) is 0 Å². The third kappa shape index (κ3) is 3.76. The Labute approximate surface area is 111 Å². The van der Waals surface area contributed by atoms with Crippen molar-refractivity contribution in [2.45, 2.75) is 40.0 Å². The molecule has 2 atom stereocenters. The zero-order valence-corrected chi connectivity index (χ0v) is 13.2. The van der Waals surface area contributed by atoms with Gasteiger partial charge in [-0.15, -0.1) is 0 Å². The summed E-state index contributed by atoms with van der Waals surface area (Å²) in [6, 6.07) is 0. The van der Waals surface area contributed by atoms with E-state index in [-0.39, 0.29) is 0 Å². The first-order valence-corrected chi connectivity index (χ1v) is 9.72. The van der Waals surface area contributed by atoms with Crippen molar-refractivity contribution >= 4 is 18.3 Å². The van der Waals surface area contributed by atoms with Gasteiger partial charge >= 0.3 is 0 Å². The monoisotopic (exact) mass is 276 g/mol. The van der Waals surface area contributed by atoms with Gasteiger partial charge < -0.3 is 9.05 Å². The van der Waals surface area contributed by atoms with Crippen LogP contribution in [0.5, 0.6) is 0 Å². The molecule has 1 aliphatic heterocycles. The molecule has 0 spiro atoms. The molecule has 2 nitrogen and oxygen atoms in total. The summed E-state index contributed by atoms with van der Waals surface area (Å²) in [5.41, 5.74) is 0.478. The van der Waals surface area contributed by atoms with Gasteiger partial charge in [-0.3, -0.25) is 0 Å². The lowest BCUT2D eigenvalue weighted by atomic mass is 9.65. The highest BCUT2D eigenvalue weighted by Crippen LogP contribution is 2.52. The molecule has 0 aromatic heterocycles. The SMILES string of the molecule is CC1CC(C2COP(C)(=S)OC2)CC(C)(C)C1. The van der Waals surface area contributed by atoms with E-state index in [1.165, 1.54) is 19.3 Å². The minimum atomic E-state index is -1.89. The van der Waals surface area contributed by atoms with Gasteiger partial charge in [0.05, 0.1) is 13.2 Å². The van der Waals surface area contributed by atoms with E-state index in [4.69, 9.17) is 20.9 Å². The Balaban J connectivity index is 1.96. The normalized spacial score (nSPS) is 46.7. The maximum absolute atomic E-state index is 5.74. The van der Waals surface area contributed by atoms with E-state index in [9.17, 15) is 0 Å². The molecule has 1 saturated heterocycles. The second kappa shape index (κ2) is 4.92. The van der Waals surface area contributed by atoms with Crippen molar-refractivity contribution in [2.24, 2.45) is 23.2 Å². The van der Waals surface area contributed by atoms with Crippen LogP contribution >= 0.6 is 6.49 Å². The molecule has 1 aliphatic carbocycles. The van der Waals surface area contributed by atoms with Crippen LogP contribution in [0.1, 0.15) is 40.0 Å². The highest BCUT2D eigenvalue weighted by atomic mass is 32.5. The standard InChI is InChI=1S/C13H25O2PS/c1-10-5-11(7-13(2,3)6-10)12-8-14-16(4,17)15-9-12/h10-12H,5-9H2,1-4H3. The van der Waals surface area contributed by atoms with E-state index in [1.807, 2.05) is 6.66 Å². The molecular weight excluding hydrogens is 251 g/mol. The van der Waals surface area contributed by atoms with Gasteiger partial charge in [-0.25, -0.2) is 0 Å². The van der Waals surface area contributed by atoms with Crippen molar-refractivity contribution < 1.29 is 9.05 Å². The van der Waals surface area contributed by atoms with Crippen LogP contribution in [0.25, 0.3) is 0 Å². The molecule has 17 heavy (non-hydrogen) atoms. The molecule has 0 N–H and O–H groups in total. The van der Waals surface area contributed by atoms with E-state index >= 15 is 0 Å². The Morgan fingerprint density at radius 2 is 1.71 bits per heavy atom. The summed E-state index contributed by atoms with van der Waals surface area (Å²) in [4.78, 5) is 0. The predicted octanol–water partition coefficient (Wildman–Crippen LogP) is 4.05. The van der Waals surface area contributed by atoms with Crippen LogP contribution in [0.15, 0.2) is 0 Å². The van der Waals surface area contributed by atoms with Crippen molar-refractivity contribution in [3.8, 4) is 0 Å². The zero-order valence-electron chi connectivity index (χ0n) is 11.4. The number of rotatable bonds is 1. The van der Waals surface area contributed by atoms with Gasteiger partial charge in [-0.2, -0.15) is 0 Å². The van der Waals surface area contributed by atoms with Gasteiger partial charge in [-0.05, 0) is 48.3 Å². The predicted molar refractivity (Wildman–Crippen MR) is 75.9 cm³/mol. The fraction of sp³-hybridized carbons (Fsp3) is 1.00. The molecule has 1 heterocycles. The van der Waals surface area contributed by atoms with Crippen LogP contribution in [0.2, 0.25) is 0 Å². The molecule has 0 amide bonds. The van der Waals surface area contributed by atoms with Crippen molar-refractivity contribution in [3.63, 3.8) is 0 Å². The average Bonchev–Trinajstić information content (AvgIpc) is 2.13. The Bertz CT molecular complexity index is 317. The first-order valence-electron chi connectivity index (χ1n) is 6.64. The van der Waals surface area contributed by atoms with E-state index in [2.05, 4.69) is 20.8 Å². The van der Waals surface area contributed by atoms with Crippen LogP contribution in [-0.2, 0) is 20.9 Å². The smallest absolute Gasteiger partial charge is 0.185 e. The molecule has 2 fully saturated rings. The molecule has 0 bridgehead atoms. The topological polar surface area (TPSA) is 18.5 Å². The minimum Gasteiger partial charge on any atom is -0.329 e. The second-order valence-electron chi connectivity index (χ2n) is 6.80. The van der Waals surface area contributed by atoms with Gasteiger partial charge in [0.2, 0.25) is 0 Å². The fourth-order valence-electron chi connectivity index (χ4n) is 3.60. The molecule has 4 heteroatoms. The summed E-state index contributed by atoms with van der Waals surface area (Å²) >= 11 is 5.28. The van der Waals surface area contributed by atoms with Gasteiger partial charge in [0.1, 0.15) is 0 Å². The molecule has 0 radical (unpaired) electrons. The summed E-state index contributed by atoms with van der Waals surface area (Å²) in [5, 5.41) is 0. The molecule has 0 aromatic rings. The van der Waals surface area contributed by atoms with Gasteiger partial charge in [0.15, 0.2) is 6.49 Å². The van der Waals surface area contributed by atoms with Crippen LogP contribution in [0, 0.1) is 23.2 Å². The lowest BCUT2D eigenvalue weighted by Crippen LogP contribution is -2.36. The number of hydrogen-bond donors (Lipinski definition) is 0. The fourth-order valence-corrected chi connectivity index (χ4v) is 4.96. The van der Waals surface area contributed by atoms with Crippen LogP contribution < -0.4 is 0 Å². The summed E-state index contributed by atoms with van der Waals surface area (Å²) in [7, 11) is 0. The highest BCUT2D eigenvalue weighted by Gasteiger charge is 2.38. The van der Waals surface area contributed by atoms with Crippen LogP contribution in [0.3, 0.4) is 0 Å². The summed E-state index contributed by atoms with van der Waals surface area (Å²) in [5.74, 6) is 2.15. The van der Waals surface area contributed by atoms with Gasteiger partial charge in [0, 0.05) is 12.6 Å². The molecular formula is C13H25O2PS. The first kappa shape index (κ1) is 14.0. The lowest BCUT2D eigenvalue weighted by Gasteiger charge is -2.44. The quantitative estimate of drug-likeness (QED) is 0.673. The third-order valence-corrected chi connectivity index (χ3v) is 6.00. The van der Waals surface area contributed by atoms with E-state index in [1.54, 1.807) is 0 Å². The van der Waals surface area contributed by atoms with Crippen molar-refractivity contribution in [1.29, 1.82) is 0 Å². The molecule has 2 unspecified atom stereocenters. The molecule has 2 aliphatic rings. The van der Waals surface area contributed by atoms with Crippen LogP contribution in [0.4, 0.5) is 0 Å². The van der Waals surface area contributed by atoms with E-state index in [0.717, 1.165) is 25.0 Å². The Morgan fingerprint density at radius 1 is 1.12 bits per heavy atom. The third-order valence-electron chi connectivity index (χ3n) is 4.13. The average molecular weight is 276 g/mol. The maximum atomic E-state index is 5.74. The maximum Gasteiger partial charge on any atom is 0.185 e.